The molecule has 0 bridgehead atoms. The van der Waals surface area contributed by atoms with Gasteiger partial charge in [-0.1, -0.05) is 12.8 Å². The molecular formula is C16H27NO2. The van der Waals surface area contributed by atoms with Crippen molar-refractivity contribution in [2.24, 2.45) is 5.92 Å². The van der Waals surface area contributed by atoms with Crippen molar-refractivity contribution in [3.05, 3.63) is 23.2 Å². The molecule has 1 saturated carbocycles. The molecule has 1 fully saturated rings. The van der Waals surface area contributed by atoms with Gasteiger partial charge in [-0.2, -0.15) is 0 Å². The van der Waals surface area contributed by atoms with Crippen LogP contribution in [0.1, 0.15) is 57.1 Å². The number of nitrogens with one attached hydrogen (secondary N) is 1. The Morgan fingerprint density at radius 2 is 2.11 bits per heavy atom. The van der Waals surface area contributed by atoms with Crippen molar-refractivity contribution < 1.29 is 9.15 Å². The van der Waals surface area contributed by atoms with Crippen LogP contribution in [-0.2, 0) is 17.9 Å². The van der Waals surface area contributed by atoms with Gasteiger partial charge in [0.25, 0.3) is 0 Å². The number of ether oxygens (including phenoxy) is 1. The lowest BCUT2D eigenvalue weighted by Gasteiger charge is -2.19. The van der Waals surface area contributed by atoms with E-state index in [4.69, 9.17) is 9.15 Å². The van der Waals surface area contributed by atoms with Crippen molar-refractivity contribution in [1.29, 1.82) is 0 Å². The monoisotopic (exact) mass is 265 g/mol. The molecule has 0 unspecified atom stereocenters. The highest BCUT2D eigenvalue weighted by Gasteiger charge is 2.20. The molecule has 2 rings (SSSR count). The van der Waals surface area contributed by atoms with E-state index in [2.05, 4.69) is 32.2 Å². The SMILES string of the molecule is Cc1oc(CNC(C)(C)C)cc1COCCC1CC1. The lowest BCUT2D eigenvalue weighted by atomic mass is 10.1. The molecule has 108 valence electrons. The molecule has 0 aliphatic heterocycles. The predicted octanol–water partition coefficient (Wildman–Crippen LogP) is 3.79. The average molecular weight is 265 g/mol. The Bertz CT molecular complexity index is 399. The van der Waals surface area contributed by atoms with Crippen LogP contribution in [0.25, 0.3) is 0 Å². The fourth-order valence-corrected chi connectivity index (χ4v) is 2.01. The molecule has 1 N–H and O–H groups in total. The standard InChI is InChI=1S/C16H27NO2/c1-12-14(11-18-8-7-13-5-6-13)9-15(19-12)10-17-16(2,3)4/h9,13,17H,5-8,10-11H2,1-4H3. The maximum Gasteiger partial charge on any atom is 0.118 e. The first-order chi connectivity index (χ1) is 8.94. The summed E-state index contributed by atoms with van der Waals surface area (Å²) in [5.41, 5.74) is 1.29. The summed E-state index contributed by atoms with van der Waals surface area (Å²) >= 11 is 0. The van der Waals surface area contributed by atoms with Crippen LogP contribution >= 0.6 is 0 Å². The summed E-state index contributed by atoms with van der Waals surface area (Å²) in [6.07, 6.45) is 4.02. The molecule has 0 amide bonds. The molecule has 1 aromatic rings. The highest BCUT2D eigenvalue weighted by Crippen LogP contribution is 2.32. The third kappa shape index (κ3) is 5.37. The molecule has 0 saturated heterocycles. The minimum absolute atomic E-state index is 0.113. The quantitative estimate of drug-likeness (QED) is 0.762. The van der Waals surface area contributed by atoms with Crippen molar-refractivity contribution in [2.45, 2.75) is 65.6 Å². The van der Waals surface area contributed by atoms with Gasteiger partial charge in [-0.05, 0) is 46.1 Å². The molecule has 0 atom stereocenters. The van der Waals surface area contributed by atoms with Gasteiger partial charge in [-0.3, -0.25) is 0 Å². The second-order valence-corrected chi connectivity index (χ2v) is 6.68. The maximum absolute atomic E-state index is 5.76. The van der Waals surface area contributed by atoms with E-state index in [-0.39, 0.29) is 5.54 Å². The summed E-state index contributed by atoms with van der Waals surface area (Å²) < 4.78 is 11.5. The van der Waals surface area contributed by atoms with E-state index >= 15 is 0 Å². The Hall–Kier alpha value is -0.800. The van der Waals surface area contributed by atoms with E-state index < -0.39 is 0 Å². The fourth-order valence-electron chi connectivity index (χ4n) is 2.01. The molecule has 1 heterocycles. The maximum atomic E-state index is 5.76. The zero-order valence-corrected chi connectivity index (χ0v) is 12.7. The zero-order valence-electron chi connectivity index (χ0n) is 12.7. The number of hydrogen-bond donors (Lipinski definition) is 1. The van der Waals surface area contributed by atoms with Gasteiger partial charge in [0.2, 0.25) is 0 Å². The Morgan fingerprint density at radius 1 is 1.37 bits per heavy atom. The van der Waals surface area contributed by atoms with Crippen LogP contribution in [-0.4, -0.2) is 12.1 Å². The molecular weight excluding hydrogens is 238 g/mol. The van der Waals surface area contributed by atoms with Gasteiger partial charge in [0, 0.05) is 17.7 Å². The largest absolute Gasteiger partial charge is 0.465 e. The first-order valence-electron chi connectivity index (χ1n) is 7.35. The first-order valence-corrected chi connectivity index (χ1v) is 7.35. The number of furan rings is 1. The summed E-state index contributed by atoms with van der Waals surface area (Å²) in [5, 5.41) is 3.43. The molecule has 0 radical (unpaired) electrons. The predicted molar refractivity (Wildman–Crippen MR) is 77.0 cm³/mol. The van der Waals surface area contributed by atoms with E-state index in [1.807, 2.05) is 6.92 Å². The molecule has 1 aliphatic rings. The Kier molecular flexibility index (Phi) is 4.69. The summed E-state index contributed by atoms with van der Waals surface area (Å²) in [6.45, 7) is 10.8. The smallest absolute Gasteiger partial charge is 0.118 e. The molecule has 19 heavy (non-hydrogen) atoms. The van der Waals surface area contributed by atoms with E-state index in [0.29, 0.717) is 6.61 Å². The molecule has 3 nitrogen and oxygen atoms in total. The van der Waals surface area contributed by atoms with Crippen LogP contribution in [0.4, 0.5) is 0 Å². The van der Waals surface area contributed by atoms with Gasteiger partial charge < -0.3 is 14.5 Å². The van der Waals surface area contributed by atoms with Crippen molar-refractivity contribution in [3.63, 3.8) is 0 Å². The lowest BCUT2D eigenvalue weighted by Crippen LogP contribution is -2.34. The summed E-state index contributed by atoms with van der Waals surface area (Å²) in [5.74, 6) is 2.92. The van der Waals surface area contributed by atoms with Gasteiger partial charge in [0.15, 0.2) is 0 Å². The Labute approximate surface area is 116 Å². The highest BCUT2D eigenvalue weighted by atomic mass is 16.5. The van der Waals surface area contributed by atoms with E-state index in [1.165, 1.54) is 24.8 Å². The van der Waals surface area contributed by atoms with Crippen LogP contribution in [0.2, 0.25) is 0 Å². The third-order valence-electron chi connectivity index (χ3n) is 3.49. The Balaban J connectivity index is 1.75. The van der Waals surface area contributed by atoms with Crippen LogP contribution in [0.15, 0.2) is 10.5 Å². The fraction of sp³-hybridized carbons (Fsp3) is 0.750. The van der Waals surface area contributed by atoms with Crippen LogP contribution in [0, 0.1) is 12.8 Å². The van der Waals surface area contributed by atoms with Crippen LogP contribution in [0.5, 0.6) is 0 Å². The van der Waals surface area contributed by atoms with Gasteiger partial charge in [-0.15, -0.1) is 0 Å². The molecule has 1 aromatic heterocycles. The van der Waals surface area contributed by atoms with Gasteiger partial charge in [0.05, 0.1) is 13.2 Å². The topological polar surface area (TPSA) is 34.4 Å². The van der Waals surface area contributed by atoms with Gasteiger partial charge in [0.1, 0.15) is 11.5 Å². The van der Waals surface area contributed by atoms with Crippen molar-refractivity contribution >= 4 is 0 Å². The summed E-state index contributed by atoms with van der Waals surface area (Å²) in [7, 11) is 0. The summed E-state index contributed by atoms with van der Waals surface area (Å²) in [6, 6.07) is 2.12. The number of aryl methyl sites for hydroxylation is 1. The van der Waals surface area contributed by atoms with E-state index in [1.54, 1.807) is 0 Å². The zero-order chi connectivity index (χ0) is 13.9. The normalized spacial score (nSPS) is 16.0. The van der Waals surface area contributed by atoms with Crippen molar-refractivity contribution in [1.82, 2.24) is 5.32 Å². The second-order valence-electron chi connectivity index (χ2n) is 6.68. The molecule has 0 spiro atoms. The second kappa shape index (κ2) is 6.10. The number of rotatable bonds is 7. The van der Waals surface area contributed by atoms with E-state index in [9.17, 15) is 0 Å². The lowest BCUT2D eigenvalue weighted by molar-refractivity contribution is 0.114. The minimum Gasteiger partial charge on any atom is -0.465 e. The summed E-state index contributed by atoms with van der Waals surface area (Å²) in [4.78, 5) is 0. The molecule has 1 aliphatic carbocycles. The number of hydrogen-bond acceptors (Lipinski definition) is 3. The van der Waals surface area contributed by atoms with Crippen molar-refractivity contribution in [2.75, 3.05) is 6.61 Å². The first kappa shape index (κ1) is 14.6. The van der Waals surface area contributed by atoms with Gasteiger partial charge >= 0.3 is 0 Å². The van der Waals surface area contributed by atoms with Crippen LogP contribution < -0.4 is 5.32 Å². The molecule has 0 aromatic carbocycles. The van der Waals surface area contributed by atoms with Crippen molar-refractivity contribution in [3.8, 4) is 0 Å². The average Bonchev–Trinajstić information content (AvgIpc) is 3.06. The Morgan fingerprint density at radius 3 is 2.74 bits per heavy atom. The van der Waals surface area contributed by atoms with E-state index in [0.717, 1.165) is 30.6 Å². The molecule has 3 heteroatoms. The van der Waals surface area contributed by atoms with Gasteiger partial charge in [-0.25, -0.2) is 0 Å². The minimum atomic E-state index is 0.113. The third-order valence-corrected chi connectivity index (χ3v) is 3.49. The van der Waals surface area contributed by atoms with Crippen LogP contribution in [0.3, 0.4) is 0 Å². The highest BCUT2D eigenvalue weighted by molar-refractivity contribution is 5.20.